The minimum atomic E-state index is -4.36. The average Bonchev–Trinajstić information content (AvgIpc) is 2.79. The summed E-state index contributed by atoms with van der Waals surface area (Å²) in [6.45, 7) is 6.77. The Morgan fingerprint density at radius 1 is 0.943 bits per heavy atom. The van der Waals surface area contributed by atoms with Crippen LogP contribution in [0.25, 0.3) is 0 Å². The fraction of sp³-hybridized carbons (Fsp3) is 0.125. The Kier molecular flexibility index (Phi) is 7.47. The maximum atomic E-state index is 13.3. The van der Waals surface area contributed by atoms with Crippen molar-refractivity contribution in [3.8, 4) is 11.5 Å². The first-order valence-electron chi connectivity index (χ1n) is 10.3. The van der Waals surface area contributed by atoms with Crippen LogP contribution in [0.3, 0.4) is 0 Å². The third-order valence-corrected chi connectivity index (χ3v) is 7.37. The van der Waals surface area contributed by atoms with Crippen LogP contribution in [0.5, 0.6) is 11.5 Å². The summed E-state index contributed by atoms with van der Waals surface area (Å²) in [5.74, 6) is 1.12. The Hall–Kier alpha value is -2.91. The summed E-state index contributed by atoms with van der Waals surface area (Å²) in [5, 5.41) is 6.02. The van der Waals surface area contributed by atoms with Crippen molar-refractivity contribution in [3.63, 3.8) is 0 Å². The van der Waals surface area contributed by atoms with Crippen LogP contribution in [0.4, 0.5) is 11.4 Å². The first-order chi connectivity index (χ1) is 16.6. The lowest BCUT2D eigenvalue weighted by Crippen LogP contribution is -2.22. The molecule has 35 heavy (non-hydrogen) atoms. The minimum Gasteiger partial charge on any atom is -0.486 e. The number of rotatable bonds is 6. The Labute approximate surface area is 218 Å². The van der Waals surface area contributed by atoms with Crippen molar-refractivity contribution in [2.75, 3.05) is 23.8 Å². The number of fused-ring (bicyclic) bond motifs is 1. The van der Waals surface area contributed by atoms with Crippen LogP contribution in [0.2, 0.25) is 15.1 Å². The molecule has 7 nitrogen and oxygen atoms in total. The highest BCUT2D eigenvalue weighted by molar-refractivity contribution is 7.90. The molecule has 3 aromatic rings. The Bertz CT molecular complexity index is 1420. The number of aryl methyl sites for hydroxylation is 1. The molecular formula is C24H20Cl3N3O4S. The van der Waals surface area contributed by atoms with E-state index < -0.39 is 10.0 Å². The van der Waals surface area contributed by atoms with Gasteiger partial charge < -0.3 is 20.1 Å². The number of nitrogens with zero attached hydrogens (tertiary/aromatic N) is 1. The van der Waals surface area contributed by atoms with E-state index in [0.29, 0.717) is 36.1 Å². The van der Waals surface area contributed by atoms with Gasteiger partial charge in [-0.05, 0) is 42.8 Å². The largest absolute Gasteiger partial charge is 0.486 e. The normalized spacial score (nSPS) is 13.3. The molecular weight excluding hydrogens is 533 g/mol. The topological polar surface area (TPSA) is 89.0 Å². The second-order valence-electron chi connectivity index (χ2n) is 7.52. The lowest BCUT2D eigenvalue weighted by atomic mass is 10.2. The maximum absolute atomic E-state index is 13.3. The van der Waals surface area contributed by atoms with Gasteiger partial charge in [-0.3, -0.25) is 0 Å². The number of hydrogen-bond acceptors (Lipinski definition) is 5. The van der Waals surface area contributed by atoms with Crippen molar-refractivity contribution in [1.82, 2.24) is 0 Å². The third kappa shape index (κ3) is 5.85. The van der Waals surface area contributed by atoms with Crippen LogP contribution in [0.15, 0.2) is 76.2 Å². The molecule has 0 aromatic heterocycles. The number of halogens is 3. The zero-order chi connectivity index (χ0) is 25.2. The van der Waals surface area contributed by atoms with Gasteiger partial charge in [-0.1, -0.05) is 59.6 Å². The van der Waals surface area contributed by atoms with E-state index in [1.807, 2.05) is 25.1 Å². The number of benzene rings is 3. The fourth-order valence-corrected chi connectivity index (χ4v) is 5.79. The number of sulfonamides is 1. The molecule has 0 atom stereocenters. The van der Waals surface area contributed by atoms with Gasteiger partial charge in [0.05, 0.1) is 15.7 Å². The van der Waals surface area contributed by atoms with E-state index in [1.54, 1.807) is 24.3 Å². The van der Waals surface area contributed by atoms with Gasteiger partial charge in [-0.25, -0.2) is 0 Å². The number of nitrogens with one attached hydrogen (secondary N) is 2. The Balaban J connectivity index is 1.73. The SMILES string of the molecule is C=C(Nc1ccc2c(c1)OCCO2)C(=NS(=O)(=O)c1c(Cl)cc(Cl)cc1Cl)Nc1ccccc1C. The molecule has 2 N–H and O–H groups in total. The number of para-hydroxylation sites is 1. The van der Waals surface area contributed by atoms with E-state index in [4.69, 9.17) is 44.3 Å². The summed E-state index contributed by atoms with van der Waals surface area (Å²) in [7, 11) is -4.36. The zero-order valence-corrected chi connectivity index (χ0v) is 21.5. The van der Waals surface area contributed by atoms with Gasteiger partial charge in [0.15, 0.2) is 17.3 Å². The van der Waals surface area contributed by atoms with E-state index in [1.165, 1.54) is 12.1 Å². The highest BCUT2D eigenvalue weighted by Crippen LogP contribution is 2.35. The molecule has 0 aliphatic carbocycles. The Morgan fingerprint density at radius 3 is 2.29 bits per heavy atom. The third-order valence-electron chi connectivity index (χ3n) is 4.95. The van der Waals surface area contributed by atoms with Gasteiger partial charge in [-0.15, -0.1) is 4.40 Å². The predicted molar refractivity (Wildman–Crippen MR) is 141 cm³/mol. The standard InChI is InChI=1S/C24H20Cl3N3O4S/c1-14-5-3-4-6-20(14)29-24(30-35(31,32)23-18(26)11-16(25)12-19(23)27)15(2)28-17-7-8-21-22(13-17)34-10-9-33-21/h3-8,11-13,28H,2,9-10H2,1H3,(H,29,30). The smallest absolute Gasteiger partial charge is 0.287 e. The molecule has 11 heteroatoms. The van der Waals surface area contributed by atoms with Crippen LogP contribution in [-0.4, -0.2) is 27.5 Å². The van der Waals surface area contributed by atoms with Crippen LogP contribution in [0, 0.1) is 6.92 Å². The van der Waals surface area contributed by atoms with Crippen molar-refractivity contribution in [1.29, 1.82) is 0 Å². The molecule has 0 amide bonds. The van der Waals surface area contributed by atoms with E-state index in [9.17, 15) is 8.42 Å². The molecule has 1 aliphatic heterocycles. The van der Waals surface area contributed by atoms with Crippen LogP contribution >= 0.6 is 34.8 Å². The summed E-state index contributed by atoms with van der Waals surface area (Å²) < 4.78 is 41.7. The van der Waals surface area contributed by atoms with Crippen LogP contribution < -0.4 is 20.1 Å². The highest BCUT2D eigenvalue weighted by Gasteiger charge is 2.24. The Morgan fingerprint density at radius 2 is 1.60 bits per heavy atom. The summed E-state index contributed by atoms with van der Waals surface area (Å²) in [6.07, 6.45) is 0. The lowest BCUT2D eigenvalue weighted by molar-refractivity contribution is 0.171. The van der Waals surface area contributed by atoms with Gasteiger partial charge >= 0.3 is 0 Å². The quantitative estimate of drug-likeness (QED) is 0.266. The zero-order valence-electron chi connectivity index (χ0n) is 18.4. The molecule has 0 spiro atoms. The number of anilines is 2. The average molecular weight is 553 g/mol. The molecule has 0 unspecified atom stereocenters. The molecule has 1 aliphatic rings. The first kappa shape index (κ1) is 25.2. The van der Waals surface area contributed by atoms with Gasteiger partial charge in [0, 0.05) is 22.5 Å². The van der Waals surface area contributed by atoms with Gasteiger partial charge in [-0.2, -0.15) is 8.42 Å². The van der Waals surface area contributed by atoms with E-state index in [0.717, 1.165) is 5.56 Å². The summed E-state index contributed by atoms with van der Waals surface area (Å²) >= 11 is 18.3. The maximum Gasteiger partial charge on any atom is 0.287 e. The van der Waals surface area contributed by atoms with Gasteiger partial charge in [0.1, 0.15) is 18.1 Å². The predicted octanol–water partition coefficient (Wildman–Crippen LogP) is 6.55. The van der Waals surface area contributed by atoms with Crippen molar-refractivity contribution >= 4 is 62.0 Å². The second-order valence-corrected chi connectivity index (χ2v) is 10.3. The minimum absolute atomic E-state index is 0.0590. The van der Waals surface area contributed by atoms with E-state index >= 15 is 0 Å². The molecule has 0 saturated heterocycles. The molecule has 1 heterocycles. The van der Waals surface area contributed by atoms with E-state index in [2.05, 4.69) is 21.6 Å². The van der Waals surface area contributed by atoms with Crippen LogP contribution in [0.1, 0.15) is 5.56 Å². The van der Waals surface area contributed by atoms with Crippen LogP contribution in [-0.2, 0) is 10.0 Å². The summed E-state index contributed by atoms with van der Waals surface area (Å²) in [6, 6.07) is 15.1. The second kappa shape index (κ2) is 10.4. The van der Waals surface area contributed by atoms with Crippen molar-refractivity contribution < 1.29 is 17.9 Å². The molecule has 0 fully saturated rings. The number of amidine groups is 1. The van der Waals surface area contributed by atoms with Crippen molar-refractivity contribution in [2.45, 2.75) is 11.8 Å². The molecule has 182 valence electrons. The molecule has 0 saturated carbocycles. The first-order valence-corrected chi connectivity index (χ1v) is 12.9. The van der Waals surface area contributed by atoms with Crippen molar-refractivity contribution in [3.05, 3.63) is 87.5 Å². The van der Waals surface area contributed by atoms with Gasteiger partial charge in [0.2, 0.25) is 0 Å². The van der Waals surface area contributed by atoms with Gasteiger partial charge in [0.25, 0.3) is 10.0 Å². The fourth-order valence-electron chi connectivity index (χ4n) is 3.29. The summed E-state index contributed by atoms with van der Waals surface area (Å²) in [4.78, 5) is -0.360. The number of hydrogen-bond donors (Lipinski definition) is 2. The number of ether oxygens (including phenoxy) is 2. The molecule has 4 rings (SSSR count). The highest BCUT2D eigenvalue weighted by atomic mass is 35.5. The molecule has 0 radical (unpaired) electrons. The van der Waals surface area contributed by atoms with Crippen molar-refractivity contribution in [2.24, 2.45) is 4.40 Å². The molecule has 3 aromatic carbocycles. The lowest BCUT2D eigenvalue weighted by Gasteiger charge is -2.20. The van der Waals surface area contributed by atoms with E-state index in [-0.39, 0.29) is 31.5 Å². The molecule has 0 bridgehead atoms. The monoisotopic (exact) mass is 551 g/mol. The summed E-state index contributed by atoms with van der Waals surface area (Å²) in [5.41, 5.74) is 2.28.